The summed E-state index contributed by atoms with van der Waals surface area (Å²) in [5.74, 6) is -0.359. The molecule has 144 valence electrons. The highest BCUT2D eigenvalue weighted by Gasteiger charge is 2.28. The third-order valence-corrected chi connectivity index (χ3v) is 6.91. The van der Waals surface area contributed by atoms with Gasteiger partial charge in [0.2, 0.25) is 10.0 Å². The van der Waals surface area contributed by atoms with Crippen molar-refractivity contribution in [2.45, 2.75) is 11.4 Å². The number of carbonyl (C=O) groups is 1. The monoisotopic (exact) mass is 452 g/mol. The van der Waals surface area contributed by atoms with E-state index >= 15 is 0 Å². The fourth-order valence-electron chi connectivity index (χ4n) is 3.08. The number of benzene rings is 2. The van der Waals surface area contributed by atoms with Crippen LogP contribution in [0.4, 0.5) is 0 Å². The Bertz CT molecular complexity index is 925. The first kappa shape index (κ1) is 20.0. The minimum atomic E-state index is -3.49. The summed E-state index contributed by atoms with van der Waals surface area (Å²) >= 11 is 3.32. The highest BCUT2D eigenvalue weighted by Crippen LogP contribution is 2.21. The molecule has 8 heteroatoms. The van der Waals surface area contributed by atoms with Gasteiger partial charge in [0.15, 0.2) is 0 Å². The number of hydrogen-bond acceptors (Lipinski definition) is 5. The predicted octanol–water partition coefficient (Wildman–Crippen LogP) is 2.74. The molecule has 2 aromatic rings. The van der Waals surface area contributed by atoms with Crippen LogP contribution in [0.1, 0.15) is 15.9 Å². The topological polar surface area (TPSA) is 66.9 Å². The van der Waals surface area contributed by atoms with E-state index in [0.29, 0.717) is 43.2 Å². The average molecular weight is 453 g/mol. The SMILES string of the molecule is COC(=O)c1cccc(CN2CCN(S(=O)(=O)c3cccc(Br)c3)CC2)c1. The van der Waals surface area contributed by atoms with E-state index in [1.54, 1.807) is 30.3 Å². The Morgan fingerprint density at radius 1 is 1.07 bits per heavy atom. The first-order valence-electron chi connectivity index (χ1n) is 8.55. The Labute approximate surface area is 167 Å². The van der Waals surface area contributed by atoms with Gasteiger partial charge in [0, 0.05) is 37.2 Å². The number of halogens is 1. The van der Waals surface area contributed by atoms with Gasteiger partial charge in [-0.3, -0.25) is 4.90 Å². The van der Waals surface area contributed by atoms with Gasteiger partial charge in [-0.15, -0.1) is 0 Å². The number of carbonyl (C=O) groups excluding carboxylic acids is 1. The van der Waals surface area contributed by atoms with Crippen LogP contribution in [-0.4, -0.2) is 56.9 Å². The molecule has 0 amide bonds. The van der Waals surface area contributed by atoms with Crippen LogP contribution in [0.2, 0.25) is 0 Å². The number of nitrogens with zero attached hydrogens (tertiary/aromatic N) is 2. The predicted molar refractivity (Wildman–Crippen MR) is 106 cm³/mol. The maximum absolute atomic E-state index is 12.8. The lowest BCUT2D eigenvalue weighted by molar-refractivity contribution is 0.0600. The molecule has 0 atom stereocenters. The van der Waals surface area contributed by atoms with Gasteiger partial charge in [-0.1, -0.05) is 34.1 Å². The first-order chi connectivity index (χ1) is 12.9. The highest BCUT2D eigenvalue weighted by molar-refractivity contribution is 9.10. The molecular formula is C19H21BrN2O4S. The Balaban J connectivity index is 1.63. The van der Waals surface area contributed by atoms with E-state index in [9.17, 15) is 13.2 Å². The maximum Gasteiger partial charge on any atom is 0.337 e. The first-order valence-corrected chi connectivity index (χ1v) is 10.8. The van der Waals surface area contributed by atoms with E-state index < -0.39 is 10.0 Å². The molecule has 1 saturated heterocycles. The molecule has 27 heavy (non-hydrogen) atoms. The molecule has 2 aromatic carbocycles. The normalized spacial score (nSPS) is 16.2. The van der Waals surface area contributed by atoms with Crippen molar-refractivity contribution in [3.8, 4) is 0 Å². The third-order valence-electron chi connectivity index (χ3n) is 4.52. The number of piperazine rings is 1. The molecule has 1 fully saturated rings. The minimum absolute atomic E-state index is 0.302. The number of methoxy groups -OCH3 is 1. The van der Waals surface area contributed by atoms with Crippen LogP contribution < -0.4 is 0 Å². The molecule has 0 spiro atoms. The van der Waals surface area contributed by atoms with Gasteiger partial charge in [-0.05, 0) is 35.9 Å². The van der Waals surface area contributed by atoms with Crippen LogP contribution in [-0.2, 0) is 21.3 Å². The summed E-state index contributed by atoms with van der Waals surface area (Å²) in [6.07, 6.45) is 0. The van der Waals surface area contributed by atoms with Crippen molar-refractivity contribution in [2.75, 3.05) is 33.3 Å². The smallest absolute Gasteiger partial charge is 0.337 e. The Morgan fingerprint density at radius 3 is 2.44 bits per heavy atom. The molecule has 0 aliphatic carbocycles. The molecule has 6 nitrogen and oxygen atoms in total. The molecule has 3 rings (SSSR count). The summed E-state index contributed by atoms with van der Waals surface area (Å²) in [5, 5.41) is 0. The second kappa shape index (κ2) is 8.52. The molecule has 1 aliphatic heterocycles. The zero-order valence-electron chi connectivity index (χ0n) is 15.0. The van der Waals surface area contributed by atoms with Crippen molar-refractivity contribution in [3.05, 3.63) is 64.1 Å². The van der Waals surface area contributed by atoms with Crippen molar-refractivity contribution < 1.29 is 17.9 Å². The molecule has 0 unspecified atom stereocenters. The van der Waals surface area contributed by atoms with Gasteiger partial charge in [0.05, 0.1) is 17.6 Å². The summed E-state index contributed by atoms with van der Waals surface area (Å²) in [6.45, 7) is 2.80. The molecule has 0 N–H and O–H groups in total. The zero-order valence-corrected chi connectivity index (χ0v) is 17.4. The molecule has 0 aromatic heterocycles. The summed E-state index contributed by atoms with van der Waals surface area (Å²) in [4.78, 5) is 14.1. The van der Waals surface area contributed by atoms with E-state index in [2.05, 4.69) is 20.8 Å². The van der Waals surface area contributed by atoms with E-state index in [1.807, 2.05) is 18.2 Å². The number of rotatable bonds is 5. The fourth-order valence-corrected chi connectivity index (χ4v) is 5.10. The standard InChI is InChI=1S/C19H21BrN2O4S/c1-26-19(23)16-5-2-4-15(12-16)14-21-8-10-22(11-9-21)27(24,25)18-7-3-6-17(20)13-18/h2-7,12-13H,8-11,14H2,1H3. The molecule has 0 bridgehead atoms. The fraction of sp³-hybridized carbons (Fsp3) is 0.316. The number of ether oxygens (including phenoxy) is 1. The summed E-state index contributed by atoms with van der Waals surface area (Å²) in [6, 6.07) is 14.1. The van der Waals surface area contributed by atoms with Gasteiger partial charge >= 0.3 is 5.97 Å². The summed E-state index contributed by atoms with van der Waals surface area (Å²) in [5.41, 5.74) is 1.52. The Kier molecular flexibility index (Phi) is 6.31. The van der Waals surface area contributed by atoms with Gasteiger partial charge < -0.3 is 4.74 Å². The van der Waals surface area contributed by atoms with Crippen LogP contribution in [0.25, 0.3) is 0 Å². The van der Waals surface area contributed by atoms with E-state index in [1.165, 1.54) is 11.4 Å². The van der Waals surface area contributed by atoms with Crippen molar-refractivity contribution in [1.29, 1.82) is 0 Å². The Morgan fingerprint density at radius 2 is 1.78 bits per heavy atom. The van der Waals surface area contributed by atoms with Crippen LogP contribution in [0.5, 0.6) is 0 Å². The van der Waals surface area contributed by atoms with E-state index in [-0.39, 0.29) is 5.97 Å². The Hall–Kier alpha value is -1.74. The van der Waals surface area contributed by atoms with Gasteiger partial charge in [0.1, 0.15) is 0 Å². The zero-order chi connectivity index (χ0) is 19.4. The average Bonchev–Trinajstić information content (AvgIpc) is 2.68. The molecule has 0 saturated carbocycles. The largest absolute Gasteiger partial charge is 0.465 e. The summed E-state index contributed by atoms with van der Waals surface area (Å²) in [7, 11) is -2.13. The van der Waals surface area contributed by atoms with Crippen molar-refractivity contribution in [1.82, 2.24) is 9.21 Å². The molecule has 0 radical (unpaired) electrons. The second-order valence-corrected chi connectivity index (χ2v) is 9.18. The lowest BCUT2D eigenvalue weighted by Crippen LogP contribution is -2.48. The van der Waals surface area contributed by atoms with E-state index in [0.717, 1.165) is 10.0 Å². The minimum Gasteiger partial charge on any atom is -0.465 e. The quantitative estimate of drug-likeness (QED) is 0.652. The van der Waals surface area contributed by atoms with Gasteiger partial charge in [0.25, 0.3) is 0 Å². The van der Waals surface area contributed by atoms with Crippen LogP contribution in [0.3, 0.4) is 0 Å². The van der Waals surface area contributed by atoms with Crippen molar-refractivity contribution >= 4 is 31.9 Å². The van der Waals surface area contributed by atoms with Gasteiger partial charge in [-0.25, -0.2) is 13.2 Å². The third kappa shape index (κ3) is 4.76. The lowest BCUT2D eigenvalue weighted by Gasteiger charge is -2.34. The van der Waals surface area contributed by atoms with Crippen molar-refractivity contribution in [3.63, 3.8) is 0 Å². The molecular weight excluding hydrogens is 432 g/mol. The maximum atomic E-state index is 12.8. The lowest BCUT2D eigenvalue weighted by atomic mass is 10.1. The number of esters is 1. The van der Waals surface area contributed by atoms with E-state index in [4.69, 9.17) is 4.74 Å². The van der Waals surface area contributed by atoms with Crippen LogP contribution in [0.15, 0.2) is 57.9 Å². The second-order valence-electron chi connectivity index (χ2n) is 6.33. The van der Waals surface area contributed by atoms with Crippen LogP contribution in [0, 0.1) is 0 Å². The van der Waals surface area contributed by atoms with Crippen molar-refractivity contribution in [2.24, 2.45) is 0 Å². The highest BCUT2D eigenvalue weighted by atomic mass is 79.9. The van der Waals surface area contributed by atoms with Crippen LogP contribution >= 0.6 is 15.9 Å². The molecule has 1 aliphatic rings. The summed E-state index contributed by atoms with van der Waals surface area (Å²) < 4.78 is 32.6. The van der Waals surface area contributed by atoms with Gasteiger partial charge in [-0.2, -0.15) is 4.31 Å². The molecule has 1 heterocycles. The number of sulfonamides is 1. The number of hydrogen-bond donors (Lipinski definition) is 0.